The molecule has 0 N–H and O–H groups in total. The predicted octanol–water partition coefficient (Wildman–Crippen LogP) is 5.13. The van der Waals surface area contributed by atoms with Crippen LogP contribution in [0.1, 0.15) is 52.0 Å². The van der Waals surface area contributed by atoms with Crippen molar-refractivity contribution in [1.29, 1.82) is 0 Å². The van der Waals surface area contributed by atoms with E-state index in [1.165, 1.54) is 11.1 Å². The average molecular weight is 372 g/mol. The van der Waals surface area contributed by atoms with Gasteiger partial charge in [-0.1, -0.05) is 12.1 Å². The van der Waals surface area contributed by atoms with Crippen molar-refractivity contribution in [2.75, 3.05) is 6.61 Å². The van der Waals surface area contributed by atoms with Crippen molar-refractivity contribution in [3.63, 3.8) is 0 Å². The number of hydrogen-bond acceptors (Lipinski definition) is 3. The molecule has 2 rings (SSSR count). The van der Waals surface area contributed by atoms with Gasteiger partial charge in [0.05, 0.1) is 0 Å². The van der Waals surface area contributed by atoms with Crippen molar-refractivity contribution < 1.29 is 14.3 Å². The van der Waals surface area contributed by atoms with E-state index in [9.17, 15) is 4.79 Å². The van der Waals surface area contributed by atoms with Crippen LogP contribution in [0.5, 0.6) is 5.75 Å². The molecular weight excluding hydrogens is 343 g/mol. The first kappa shape index (κ1) is 20.6. The highest BCUT2D eigenvalue weighted by Gasteiger charge is 2.17. The zero-order valence-corrected chi connectivity index (χ0v) is 17.8. The minimum atomic E-state index is -0.282. The van der Waals surface area contributed by atoms with Crippen LogP contribution in [0, 0.1) is 34.6 Å². The van der Waals surface area contributed by atoms with Gasteiger partial charge in [0.1, 0.15) is 5.75 Å². The van der Waals surface area contributed by atoms with Gasteiger partial charge in [0.25, 0.3) is 0 Å². The van der Waals surface area contributed by atoms with Crippen LogP contribution >= 0.6 is 8.58 Å². The Morgan fingerprint density at radius 3 is 2.31 bits per heavy atom. The van der Waals surface area contributed by atoms with E-state index in [-0.39, 0.29) is 20.4 Å². The Morgan fingerprint density at radius 2 is 1.69 bits per heavy atom. The lowest BCUT2D eigenvalue weighted by atomic mass is 9.95. The van der Waals surface area contributed by atoms with E-state index in [1.807, 2.05) is 52.8 Å². The molecule has 2 atom stereocenters. The number of benzene rings is 2. The Hall–Kier alpha value is -1.70. The smallest absolute Gasteiger partial charge is 0.196 e. The van der Waals surface area contributed by atoms with Gasteiger partial charge in [0.2, 0.25) is 0 Å². The summed E-state index contributed by atoms with van der Waals surface area (Å²) < 4.78 is 11.2. The van der Waals surface area contributed by atoms with E-state index in [0.29, 0.717) is 6.61 Å². The lowest BCUT2D eigenvalue weighted by Crippen LogP contribution is -2.16. The Kier molecular flexibility index (Phi) is 6.97. The second-order valence-electron chi connectivity index (χ2n) is 6.71. The van der Waals surface area contributed by atoms with Crippen molar-refractivity contribution >= 4 is 19.4 Å². The van der Waals surface area contributed by atoms with Crippen LogP contribution in [0.4, 0.5) is 0 Å². The molecule has 0 heterocycles. The minimum absolute atomic E-state index is 0.107. The molecule has 2 aromatic rings. The molecule has 4 heteroatoms. The molecule has 0 aliphatic heterocycles. The quantitative estimate of drug-likeness (QED) is 0.499. The topological polar surface area (TPSA) is 35.5 Å². The largest absolute Gasteiger partial charge is 0.465 e. The summed E-state index contributed by atoms with van der Waals surface area (Å²) in [7, 11) is 0.107. The van der Waals surface area contributed by atoms with Gasteiger partial charge in [-0.2, -0.15) is 0 Å². The van der Waals surface area contributed by atoms with Gasteiger partial charge in [-0.25, -0.2) is 0 Å². The highest BCUT2D eigenvalue weighted by atomic mass is 31.1. The lowest BCUT2D eigenvalue weighted by Gasteiger charge is -2.17. The summed E-state index contributed by atoms with van der Waals surface area (Å²) in [5.74, 6) is 0.767. The zero-order valence-electron chi connectivity index (χ0n) is 16.8. The first-order valence-corrected chi connectivity index (χ1v) is 10.0. The molecule has 0 spiro atoms. The van der Waals surface area contributed by atoms with Gasteiger partial charge in [-0.3, -0.25) is 4.79 Å². The first-order valence-electron chi connectivity index (χ1n) is 9.02. The second-order valence-corrected chi connectivity index (χ2v) is 7.95. The predicted molar refractivity (Wildman–Crippen MR) is 111 cm³/mol. The summed E-state index contributed by atoms with van der Waals surface area (Å²) in [6.45, 7) is 14.7. The fourth-order valence-electron chi connectivity index (χ4n) is 3.13. The number of ether oxygens (including phenoxy) is 2. The molecular formula is C22H29O3P. The van der Waals surface area contributed by atoms with Gasteiger partial charge in [0, 0.05) is 12.2 Å². The Balaban J connectivity index is 2.21. The molecule has 26 heavy (non-hydrogen) atoms. The molecule has 0 fully saturated rings. The summed E-state index contributed by atoms with van der Waals surface area (Å²) in [6.07, 6.45) is -0.282. The van der Waals surface area contributed by atoms with Crippen molar-refractivity contribution in [3.8, 4) is 5.75 Å². The van der Waals surface area contributed by atoms with Crippen LogP contribution in [-0.2, 0) is 4.74 Å². The van der Waals surface area contributed by atoms with Crippen LogP contribution in [0.25, 0.3) is 0 Å². The van der Waals surface area contributed by atoms with E-state index in [1.54, 1.807) is 0 Å². The Labute approximate surface area is 158 Å². The van der Waals surface area contributed by atoms with Crippen molar-refractivity contribution in [3.05, 3.63) is 57.6 Å². The van der Waals surface area contributed by atoms with Gasteiger partial charge >= 0.3 is 0 Å². The molecule has 2 aromatic carbocycles. The summed E-state index contributed by atoms with van der Waals surface area (Å²) in [5, 5.41) is 1.06. The molecule has 0 saturated carbocycles. The Morgan fingerprint density at radius 1 is 1.00 bits per heavy atom. The maximum absolute atomic E-state index is 13.0. The summed E-state index contributed by atoms with van der Waals surface area (Å²) in [6, 6.07) is 7.99. The third-order valence-corrected chi connectivity index (χ3v) is 6.04. The van der Waals surface area contributed by atoms with Gasteiger partial charge < -0.3 is 9.47 Å². The zero-order chi connectivity index (χ0) is 19.4. The normalized spacial score (nSPS) is 12.6. The van der Waals surface area contributed by atoms with Crippen LogP contribution in [-0.4, -0.2) is 18.4 Å². The maximum Gasteiger partial charge on any atom is 0.196 e. The van der Waals surface area contributed by atoms with Gasteiger partial charge in [-0.05, 0) is 102 Å². The first-order chi connectivity index (χ1) is 12.2. The molecule has 0 bridgehead atoms. The summed E-state index contributed by atoms with van der Waals surface area (Å²) in [4.78, 5) is 13.0. The minimum Gasteiger partial charge on any atom is -0.465 e. The van der Waals surface area contributed by atoms with E-state index in [4.69, 9.17) is 9.47 Å². The number of carbonyl (C=O) groups is 1. The van der Waals surface area contributed by atoms with Crippen molar-refractivity contribution in [2.24, 2.45) is 0 Å². The maximum atomic E-state index is 13.0. The van der Waals surface area contributed by atoms with Crippen molar-refractivity contribution in [2.45, 2.75) is 54.8 Å². The second kappa shape index (κ2) is 8.79. The fraction of sp³-hybridized carbons (Fsp3) is 0.409. The Bertz CT molecular complexity index is 812. The van der Waals surface area contributed by atoms with E-state index < -0.39 is 0 Å². The fourth-order valence-corrected chi connectivity index (χ4v) is 4.32. The molecule has 0 aliphatic carbocycles. The SMILES string of the molecule is CCOC(C)Oc1ccc(PC(=O)c2c(C)cc(C)c(C)c2C)c(C)c1. The summed E-state index contributed by atoms with van der Waals surface area (Å²) >= 11 is 0. The number of aryl methyl sites for hydroxylation is 3. The molecule has 0 saturated heterocycles. The van der Waals surface area contributed by atoms with Crippen LogP contribution in [0.2, 0.25) is 0 Å². The molecule has 140 valence electrons. The van der Waals surface area contributed by atoms with Crippen LogP contribution in [0.3, 0.4) is 0 Å². The molecule has 0 aliphatic rings. The average Bonchev–Trinajstić information content (AvgIpc) is 2.55. The molecule has 0 aromatic heterocycles. The standard InChI is InChI=1S/C22H29O3P/c1-8-24-18(7)25-19-9-10-20(14(3)12-19)26-22(23)21-15(4)11-13(2)16(5)17(21)6/h9-12,18,26H,8H2,1-7H3. The highest BCUT2D eigenvalue weighted by molar-refractivity contribution is 7.66. The number of carbonyl (C=O) groups excluding carboxylic acids is 1. The lowest BCUT2D eigenvalue weighted by molar-refractivity contribution is -0.0613. The summed E-state index contributed by atoms with van der Waals surface area (Å²) in [5.41, 5.74) is 6.74. The number of rotatable bonds is 7. The molecule has 0 radical (unpaired) electrons. The van der Waals surface area contributed by atoms with Gasteiger partial charge in [0.15, 0.2) is 11.8 Å². The highest BCUT2D eigenvalue weighted by Crippen LogP contribution is 2.29. The van der Waals surface area contributed by atoms with Crippen LogP contribution in [0.15, 0.2) is 24.3 Å². The molecule has 3 nitrogen and oxygen atoms in total. The molecule has 0 amide bonds. The van der Waals surface area contributed by atoms with E-state index in [0.717, 1.165) is 33.3 Å². The van der Waals surface area contributed by atoms with E-state index in [2.05, 4.69) is 19.9 Å². The van der Waals surface area contributed by atoms with Crippen molar-refractivity contribution in [1.82, 2.24) is 0 Å². The third-order valence-electron chi connectivity index (χ3n) is 4.73. The van der Waals surface area contributed by atoms with Gasteiger partial charge in [-0.15, -0.1) is 0 Å². The van der Waals surface area contributed by atoms with E-state index >= 15 is 0 Å². The number of hydrogen-bond donors (Lipinski definition) is 0. The van der Waals surface area contributed by atoms with Crippen LogP contribution < -0.4 is 10.0 Å². The molecule has 2 unspecified atom stereocenters. The third kappa shape index (κ3) is 4.72. The monoisotopic (exact) mass is 372 g/mol.